The Labute approximate surface area is 122 Å². The van der Waals surface area contributed by atoms with Crippen LogP contribution in [-0.2, 0) is 17.2 Å². The van der Waals surface area contributed by atoms with E-state index in [-0.39, 0.29) is 0 Å². The van der Waals surface area contributed by atoms with Crippen LogP contribution in [0.25, 0.3) is 0 Å². The van der Waals surface area contributed by atoms with E-state index in [1.165, 1.54) is 11.1 Å². The van der Waals surface area contributed by atoms with Crippen molar-refractivity contribution in [1.82, 2.24) is 0 Å². The van der Waals surface area contributed by atoms with Crippen LogP contribution < -0.4 is 0 Å². The first-order valence-electron chi connectivity index (χ1n) is 6.38. The van der Waals surface area contributed by atoms with Crippen LogP contribution in [0.5, 0.6) is 0 Å². The molecule has 2 rings (SSSR count). The Kier molecular flexibility index (Phi) is 4.78. The van der Waals surface area contributed by atoms with Gasteiger partial charge in [0, 0.05) is 14.8 Å². The molecule has 0 fully saturated rings. The summed E-state index contributed by atoms with van der Waals surface area (Å²) in [6.45, 7) is 4.25. The molecule has 0 saturated heterocycles. The Morgan fingerprint density at radius 3 is 2.53 bits per heavy atom. The summed E-state index contributed by atoms with van der Waals surface area (Å²) in [6.07, 6.45) is 2.11. The van der Waals surface area contributed by atoms with Crippen molar-refractivity contribution >= 4 is 22.4 Å². The average Bonchev–Trinajstić information content (AvgIpc) is 2.41. The summed E-state index contributed by atoms with van der Waals surface area (Å²) >= 11 is 5.95. The van der Waals surface area contributed by atoms with Crippen LogP contribution in [0.1, 0.15) is 24.5 Å². The lowest BCUT2D eigenvalue weighted by Crippen LogP contribution is -1.96. The number of hydrogen-bond acceptors (Lipinski definition) is 1. The number of halogens is 1. The van der Waals surface area contributed by atoms with Crippen LogP contribution in [0.3, 0.4) is 0 Å². The van der Waals surface area contributed by atoms with E-state index in [1.807, 2.05) is 24.3 Å². The van der Waals surface area contributed by atoms with Crippen LogP contribution in [0.15, 0.2) is 52.3 Å². The van der Waals surface area contributed by atoms with Gasteiger partial charge in [0.2, 0.25) is 0 Å². The van der Waals surface area contributed by atoms with Crippen LogP contribution >= 0.6 is 11.6 Å². The number of aryl methyl sites for hydroxylation is 2. The third-order valence-corrected chi connectivity index (χ3v) is 4.66. The Morgan fingerprint density at radius 1 is 1.11 bits per heavy atom. The van der Waals surface area contributed by atoms with Crippen molar-refractivity contribution in [2.24, 2.45) is 0 Å². The van der Waals surface area contributed by atoms with Crippen molar-refractivity contribution in [3.63, 3.8) is 0 Å². The lowest BCUT2D eigenvalue weighted by molar-refractivity contribution is 0.683. The molecular formula is C16H17ClOS. The van der Waals surface area contributed by atoms with E-state index in [0.717, 1.165) is 22.6 Å². The molecular weight excluding hydrogens is 276 g/mol. The van der Waals surface area contributed by atoms with E-state index in [0.29, 0.717) is 5.02 Å². The van der Waals surface area contributed by atoms with Crippen molar-refractivity contribution in [2.75, 3.05) is 0 Å². The van der Waals surface area contributed by atoms with E-state index in [2.05, 4.69) is 19.9 Å². The summed E-state index contributed by atoms with van der Waals surface area (Å²) in [4.78, 5) is 1.59. The van der Waals surface area contributed by atoms with Crippen LogP contribution in [0.2, 0.25) is 5.02 Å². The predicted molar refractivity (Wildman–Crippen MR) is 81.3 cm³/mol. The molecule has 2 aromatic carbocycles. The van der Waals surface area contributed by atoms with Gasteiger partial charge in [-0.1, -0.05) is 37.1 Å². The quantitative estimate of drug-likeness (QED) is 0.793. The van der Waals surface area contributed by atoms with Gasteiger partial charge in [-0.2, -0.15) is 0 Å². The first-order chi connectivity index (χ1) is 9.11. The summed E-state index contributed by atoms with van der Waals surface area (Å²) < 4.78 is 12.5. The van der Waals surface area contributed by atoms with Gasteiger partial charge in [-0.25, -0.2) is 4.21 Å². The molecule has 2 aromatic rings. The zero-order chi connectivity index (χ0) is 13.8. The molecule has 19 heavy (non-hydrogen) atoms. The van der Waals surface area contributed by atoms with Crippen molar-refractivity contribution in [3.05, 3.63) is 58.6 Å². The van der Waals surface area contributed by atoms with Gasteiger partial charge in [-0.05, 0) is 54.8 Å². The van der Waals surface area contributed by atoms with Crippen LogP contribution in [0.4, 0.5) is 0 Å². The largest absolute Gasteiger partial charge is 0.249 e. The van der Waals surface area contributed by atoms with Gasteiger partial charge in [-0.15, -0.1) is 0 Å². The minimum atomic E-state index is -1.16. The number of benzene rings is 2. The topological polar surface area (TPSA) is 17.1 Å². The van der Waals surface area contributed by atoms with Crippen molar-refractivity contribution in [1.29, 1.82) is 0 Å². The maximum Gasteiger partial charge on any atom is 0.0850 e. The second kappa shape index (κ2) is 6.36. The fourth-order valence-corrected chi connectivity index (χ4v) is 3.42. The van der Waals surface area contributed by atoms with Gasteiger partial charge in [-0.3, -0.25) is 0 Å². The molecule has 100 valence electrons. The molecule has 1 unspecified atom stereocenters. The highest BCUT2D eigenvalue weighted by Gasteiger charge is 2.09. The molecule has 0 bridgehead atoms. The molecule has 3 heteroatoms. The zero-order valence-electron chi connectivity index (χ0n) is 11.2. The lowest BCUT2D eigenvalue weighted by atomic mass is 10.0. The molecule has 0 aliphatic heterocycles. The third kappa shape index (κ3) is 3.46. The molecule has 0 heterocycles. The van der Waals surface area contributed by atoms with Gasteiger partial charge in [0.15, 0.2) is 0 Å². The molecule has 0 spiro atoms. The van der Waals surface area contributed by atoms with Crippen molar-refractivity contribution in [3.8, 4) is 0 Å². The first kappa shape index (κ1) is 14.3. The molecule has 1 nitrogen and oxygen atoms in total. The van der Waals surface area contributed by atoms with Gasteiger partial charge >= 0.3 is 0 Å². The molecule has 0 N–H and O–H groups in total. The molecule has 0 aromatic heterocycles. The normalized spacial score (nSPS) is 12.4. The average molecular weight is 293 g/mol. The van der Waals surface area contributed by atoms with Gasteiger partial charge < -0.3 is 0 Å². The SMILES string of the molecule is CCCc1cc(S(=O)c2cccc(Cl)c2)ccc1C. The van der Waals surface area contributed by atoms with E-state index in [4.69, 9.17) is 11.6 Å². The summed E-state index contributed by atoms with van der Waals surface area (Å²) in [6, 6.07) is 13.3. The maximum absolute atomic E-state index is 12.5. The van der Waals surface area contributed by atoms with E-state index in [1.54, 1.807) is 12.1 Å². The second-order valence-corrected chi connectivity index (χ2v) is 6.48. The highest BCUT2D eigenvalue weighted by atomic mass is 35.5. The van der Waals surface area contributed by atoms with Gasteiger partial charge in [0.1, 0.15) is 0 Å². The Morgan fingerprint density at radius 2 is 1.84 bits per heavy atom. The standard InChI is InChI=1S/C16H17ClOS/c1-3-5-13-10-16(9-8-12(13)2)19(18)15-7-4-6-14(17)11-15/h4,6-11H,3,5H2,1-2H3. The van der Waals surface area contributed by atoms with Crippen LogP contribution in [-0.4, -0.2) is 4.21 Å². The van der Waals surface area contributed by atoms with Gasteiger partial charge in [0.05, 0.1) is 10.8 Å². The van der Waals surface area contributed by atoms with Crippen LogP contribution in [0, 0.1) is 6.92 Å². The van der Waals surface area contributed by atoms with Crippen molar-refractivity contribution < 1.29 is 4.21 Å². The summed E-state index contributed by atoms with van der Waals surface area (Å²) in [5.41, 5.74) is 2.53. The maximum atomic E-state index is 12.5. The minimum absolute atomic E-state index is 0.617. The summed E-state index contributed by atoms with van der Waals surface area (Å²) in [5.74, 6) is 0. The molecule has 0 radical (unpaired) electrons. The monoisotopic (exact) mass is 292 g/mol. The minimum Gasteiger partial charge on any atom is -0.249 e. The molecule has 0 aliphatic rings. The predicted octanol–water partition coefficient (Wildman–Crippen LogP) is 4.77. The Balaban J connectivity index is 2.36. The van der Waals surface area contributed by atoms with Gasteiger partial charge in [0.25, 0.3) is 0 Å². The molecule has 0 aliphatic carbocycles. The highest BCUT2D eigenvalue weighted by Crippen LogP contribution is 2.22. The van der Waals surface area contributed by atoms with E-state index < -0.39 is 10.8 Å². The Bertz CT molecular complexity index is 607. The molecule has 0 saturated carbocycles. The fourth-order valence-electron chi connectivity index (χ4n) is 2.02. The summed E-state index contributed by atoms with van der Waals surface area (Å²) in [5, 5.41) is 0.617. The first-order valence-corrected chi connectivity index (χ1v) is 7.91. The third-order valence-electron chi connectivity index (χ3n) is 3.06. The fraction of sp³-hybridized carbons (Fsp3) is 0.250. The number of hydrogen-bond donors (Lipinski definition) is 0. The zero-order valence-corrected chi connectivity index (χ0v) is 12.7. The smallest absolute Gasteiger partial charge is 0.0850 e. The Hall–Kier alpha value is -1.12. The molecule has 0 amide bonds. The highest BCUT2D eigenvalue weighted by molar-refractivity contribution is 7.85. The second-order valence-electron chi connectivity index (χ2n) is 4.56. The molecule has 1 atom stereocenters. The summed E-state index contributed by atoms with van der Waals surface area (Å²) in [7, 11) is -1.16. The van der Waals surface area contributed by atoms with E-state index in [9.17, 15) is 4.21 Å². The van der Waals surface area contributed by atoms with E-state index >= 15 is 0 Å². The lowest BCUT2D eigenvalue weighted by Gasteiger charge is -2.08. The number of rotatable bonds is 4. The van der Waals surface area contributed by atoms with Crippen molar-refractivity contribution in [2.45, 2.75) is 36.5 Å².